The summed E-state index contributed by atoms with van der Waals surface area (Å²) in [6.07, 6.45) is 0. The minimum atomic E-state index is -0.499. The van der Waals surface area contributed by atoms with Crippen LogP contribution in [0.5, 0.6) is 0 Å². The molecule has 566 valence electrons. The highest BCUT2D eigenvalue weighted by Crippen LogP contribution is 2.45. The second-order valence-electron chi connectivity index (χ2n) is 25.7. The summed E-state index contributed by atoms with van der Waals surface area (Å²) >= 11 is 8.50. The average Bonchev–Trinajstić information content (AvgIpc) is 1.60. The van der Waals surface area contributed by atoms with E-state index in [2.05, 4.69) is 37.2 Å². The molecule has 0 aliphatic carbocycles. The number of carbonyl (C=O) groups is 14. The smallest absolute Gasteiger partial charge is 0.266 e. The minimum Gasteiger partial charge on any atom is -0.392 e. The number of nitrogens with zero attached hydrogens (tertiary/aromatic N) is 3. The van der Waals surface area contributed by atoms with Crippen molar-refractivity contribution in [3.63, 3.8) is 0 Å². The van der Waals surface area contributed by atoms with Gasteiger partial charge in [0.15, 0.2) is 23.1 Å². The summed E-state index contributed by atoms with van der Waals surface area (Å²) in [6, 6.07) is 45.9. The first kappa shape index (κ1) is 80.6. The molecule has 14 rings (SSSR count). The fourth-order valence-corrected chi connectivity index (χ4v) is 17.8. The Hall–Kier alpha value is -12.4. The number of fused-ring (bicyclic) bond motifs is 3. The molecule has 0 saturated carbocycles. The van der Waals surface area contributed by atoms with Gasteiger partial charge in [-0.15, -0.1) is 45.3 Å². The van der Waals surface area contributed by atoms with Gasteiger partial charge >= 0.3 is 0 Å². The summed E-state index contributed by atoms with van der Waals surface area (Å²) in [7, 11) is 0. The van der Waals surface area contributed by atoms with Crippen LogP contribution in [0.25, 0.3) is 0 Å². The lowest BCUT2D eigenvalue weighted by Gasteiger charge is -2.15. The largest absolute Gasteiger partial charge is 0.392 e. The molecule has 0 saturated heterocycles. The third-order valence-corrected chi connectivity index (χ3v) is 23.3. The van der Waals surface area contributed by atoms with Crippen molar-refractivity contribution >= 4 is 186 Å². The lowest BCUT2D eigenvalue weighted by Crippen LogP contribution is -2.30. The van der Waals surface area contributed by atoms with Gasteiger partial charge in [-0.05, 0) is 192 Å². The Morgan fingerprint density at radius 3 is 0.830 bits per heavy atom. The molecule has 0 bridgehead atoms. The number of anilines is 8. The standard InChI is InChI=1S/C23H17BrN2O4S.C23H18N2O5S.C23H18N2O4S.C15H16N2O2S/c1-12-18(11-24)19(20(28)14-7-9-15(10-8-14)25-13(2)27)23(31-12)26-21(29)16-5-3-4-6-17(16)22(26)30;1-12-18(11-26)19(20(28)14-7-9-15(10-8-14)24-13(2)27)23(31-12)25-21(29)16-5-3-4-6-17(16)22(25)30;1-12-13(2)30-23(25-21(28)17-6-4-5-7-18(17)22(25)29)19(12)20(27)15-8-10-16(11-9-15)24-14(3)26;1-8-9(2)20-15(16)13(8)14(19)11-4-6-12(7-5-11)17-10(3)18/h3-10H,11H2,1-2H3,(H,25,27);3-10,26H,11H2,1-2H3,(H,24,27);4-11H,1-3H3,(H,24,26);4-7H,16H2,1-3H3,(H,17,18). The van der Waals surface area contributed by atoms with E-state index in [1.54, 1.807) is 177 Å². The summed E-state index contributed by atoms with van der Waals surface area (Å²) in [4.78, 5) is 182. The van der Waals surface area contributed by atoms with Gasteiger partial charge < -0.3 is 32.1 Å². The zero-order valence-corrected chi connectivity index (χ0v) is 66.5. The molecule has 3 aliphatic heterocycles. The Labute approximate surface area is 666 Å². The summed E-state index contributed by atoms with van der Waals surface area (Å²) in [5.74, 6) is -4.57. The van der Waals surface area contributed by atoms with E-state index < -0.39 is 47.8 Å². The third-order valence-electron chi connectivity index (χ3n) is 18.2. The molecule has 0 spiro atoms. The molecule has 4 aromatic heterocycles. The molecule has 112 heavy (non-hydrogen) atoms. The first-order chi connectivity index (χ1) is 53.3. The number of aliphatic hydroxyl groups is 1. The maximum Gasteiger partial charge on any atom is 0.266 e. The van der Waals surface area contributed by atoms with Gasteiger partial charge in [0, 0.05) is 103 Å². The topological polar surface area (TPSA) is 343 Å². The number of imide groups is 3. The number of hydrogen-bond donors (Lipinski definition) is 6. The van der Waals surface area contributed by atoms with Crippen LogP contribution in [0.1, 0.15) is 195 Å². The third kappa shape index (κ3) is 16.3. The SMILES string of the molecule is CC(=O)Nc1ccc(C(=O)c2c(N)sc(C)c2C)cc1.CC(=O)Nc1ccc(C(=O)c2c(N3C(=O)c4ccccc4C3=O)sc(C)c2C)cc1.CC(=O)Nc1ccc(C(=O)c2c(N3C(=O)c4ccccc4C3=O)sc(C)c2CBr)cc1.CC(=O)Nc1ccc(C(=O)c2c(N3C(=O)c4ccccc4C3=O)sc(C)c2CO)cc1. The molecule has 11 aromatic rings. The molecule has 23 nitrogen and oxygen atoms in total. The fourth-order valence-electron chi connectivity index (χ4n) is 12.6. The van der Waals surface area contributed by atoms with Crippen LogP contribution in [0, 0.1) is 41.5 Å². The van der Waals surface area contributed by atoms with E-state index in [-0.39, 0.29) is 62.7 Å². The second-order valence-corrected chi connectivity index (χ2v) is 31.2. The van der Waals surface area contributed by atoms with Crippen molar-refractivity contribution < 1.29 is 72.2 Å². The monoisotopic (exact) mass is 1640 g/mol. The molecular weight excluding hydrogens is 1570 g/mol. The van der Waals surface area contributed by atoms with E-state index in [0.29, 0.717) is 115 Å². The van der Waals surface area contributed by atoms with Crippen molar-refractivity contribution in [2.45, 2.75) is 81.2 Å². The highest BCUT2D eigenvalue weighted by molar-refractivity contribution is 9.08. The maximum atomic E-state index is 13.5. The van der Waals surface area contributed by atoms with E-state index in [1.165, 1.54) is 61.7 Å². The Bertz CT molecular complexity index is 5480. The van der Waals surface area contributed by atoms with Gasteiger partial charge in [-0.25, -0.2) is 14.7 Å². The number of aryl methyl sites for hydroxylation is 4. The molecule has 10 amide bonds. The number of nitrogen functional groups attached to an aromatic ring is 1. The van der Waals surface area contributed by atoms with Gasteiger partial charge in [0.05, 0.1) is 67.2 Å². The van der Waals surface area contributed by atoms with E-state index >= 15 is 0 Å². The summed E-state index contributed by atoms with van der Waals surface area (Å²) in [5, 5.41) is 22.4. The van der Waals surface area contributed by atoms with Crippen LogP contribution in [0.4, 0.5) is 42.8 Å². The highest BCUT2D eigenvalue weighted by atomic mass is 79.9. The Balaban J connectivity index is 0.000000149. The Kier molecular flexibility index (Phi) is 24.3. The van der Waals surface area contributed by atoms with E-state index in [4.69, 9.17) is 5.73 Å². The zero-order chi connectivity index (χ0) is 81.0. The van der Waals surface area contributed by atoms with Crippen LogP contribution in [-0.4, -0.2) is 87.3 Å². The van der Waals surface area contributed by atoms with Crippen LogP contribution >= 0.6 is 61.3 Å². The van der Waals surface area contributed by atoms with Crippen LogP contribution in [0.2, 0.25) is 0 Å². The average molecular weight is 1640 g/mol. The minimum absolute atomic E-state index is 0.0845. The van der Waals surface area contributed by atoms with Crippen LogP contribution < -0.4 is 41.7 Å². The quantitative estimate of drug-likeness (QED) is 0.0280. The van der Waals surface area contributed by atoms with Gasteiger partial charge in [-0.2, -0.15) is 0 Å². The number of halogens is 1. The molecule has 28 heteroatoms. The molecule has 0 radical (unpaired) electrons. The van der Waals surface area contributed by atoms with Crippen LogP contribution in [-0.2, 0) is 31.1 Å². The molecule has 0 fully saturated rings. The number of rotatable bonds is 17. The molecule has 7 N–H and O–H groups in total. The molecule has 7 heterocycles. The fraction of sp³-hybridized carbons (Fsp3) is 0.143. The van der Waals surface area contributed by atoms with Crippen molar-refractivity contribution in [1.82, 2.24) is 0 Å². The number of nitrogens with two attached hydrogens (primary N) is 1. The van der Waals surface area contributed by atoms with Gasteiger partial charge in [-0.1, -0.05) is 52.3 Å². The molecule has 0 atom stereocenters. The predicted octanol–water partition coefficient (Wildman–Crippen LogP) is 16.0. The predicted molar refractivity (Wildman–Crippen MR) is 438 cm³/mol. The normalized spacial score (nSPS) is 12.4. The number of hydrogen-bond acceptors (Lipinski definition) is 20. The van der Waals surface area contributed by atoms with E-state index in [1.807, 2.05) is 34.6 Å². The zero-order valence-electron chi connectivity index (χ0n) is 61.7. The summed E-state index contributed by atoms with van der Waals surface area (Å²) < 4.78 is 0. The van der Waals surface area contributed by atoms with Gasteiger partial charge in [-0.3, -0.25) is 67.1 Å². The van der Waals surface area contributed by atoms with Gasteiger partial charge in [0.25, 0.3) is 35.4 Å². The molecule has 7 aromatic carbocycles. The Morgan fingerprint density at radius 2 is 0.571 bits per heavy atom. The number of thiophene rings is 4. The van der Waals surface area contributed by atoms with Crippen molar-refractivity contribution in [2.24, 2.45) is 0 Å². The maximum absolute atomic E-state index is 13.5. The van der Waals surface area contributed by atoms with Crippen molar-refractivity contribution in [3.05, 3.63) is 290 Å². The second kappa shape index (κ2) is 33.8. The summed E-state index contributed by atoms with van der Waals surface area (Å²) in [5.41, 5.74) is 16.0. The van der Waals surface area contributed by atoms with E-state index in [9.17, 15) is 72.2 Å². The highest BCUT2D eigenvalue weighted by Gasteiger charge is 2.44. The summed E-state index contributed by atoms with van der Waals surface area (Å²) in [6.45, 7) is 16.4. The lowest BCUT2D eigenvalue weighted by molar-refractivity contribution is -0.115. The number of amides is 10. The van der Waals surface area contributed by atoms with E-state index in [0.717, 1.165) is 57.4 Å². The molecular formula is C84H69BrN8O15S4. The van der Waals surface area contributed by atoms with Gasteiger partial charge in [0.2, 0.25) is 23.6 Å². The first-order valence-electron chi connectivity index (χ1n) is 34.3. The first-order valence-corrected chi connectivity index (χ1v) is 38.7. The van der Waals surface area contributed by atoms with Crippen LogP contribution in [0.3, 0.4) is 0 Å². The number of ketones is 4. The molecule has 0 unspecified atom stereocenters. The number of carbonyl (C=O) groups excluding carboxylic acids is 14. The number of nitrogens with one attached hydrogen (secondary N) is 4. The van der Waals surface area contributed by atoms with Crippen LogP contribution in [0.15, 0.2) is 170 Å². The number of aliphatic hydroxyl groups excluding tert-OH is 1. The van der Waals surface area contributed by atoms with Gasteiger partial charge in [0.1, 0.15) is 15.0 Å². The number of alkyl halides is 1. The number of benzene rings is 7. The van der Waals surface area contributed by atoms with Crippen molar-refractivity contribution in [1.29, 1.82) is 0 Å². The Morgan fingerprint density at radius 1 is 0.339 bits per heavy atom. The molecule has 3 aliphatic rings. The lowest BCUT2D eigenvalue weighted by atomic mass is 10.00. The van der Waals surface area contributed by atoms with Crippen molar-refractivity contribution in [3.8, 4) is 0 Å². The van der Waals surface area contributed by atoms with Crippen molar-refractivity contribution in [2.75, 3.05) is 41.7 Å².